The molecule has 90 valence electrons. The second-order valence-electron chi connectivity index (χ2n) is 2.94. The highest BCUT2D eigenvalue weighted by atomic mass is 19.4. The fourth-order valence-electron chi connectivity index (χ4n) is 1.25. The van der Waals surface area contributed by atoms with Crippen LogP contribution in [0, 0.1) is 5.82 Å². The zero-order valence-corrected chi connectivity index (χ0v) is 8.14. The Morgan fingerprint density at radius 3 is 2.56 bits per heavy atom. The monoisotopic (exact) mass is 241 g/mol. The standard InChI is InChI=1S/C10H10F4O2/c1-15-8-5-6(11)3-4-7(8)9(16-2)10(12,13)14/h3-5,9H,1-2H3/i1D3. The molecule has 0 saturated carbocycles. The van der Waals surface area contributed by atoms with E-state index >= 15 is 0 Å². The van der Waals surface area contributed by atoms with E-state index in [0.29, 0.717) is 6.07 Å². The van der Waals surface area contributed by atoms with E-state index in [4.69, 9.17) is 4.11 Å². The Kier molecular flexibility index (Phi) is 2.58. The highest BCUT2D eigenvalue weighted by molar-refractivity contribution is 5.36. The normalized spacial score (nSPS) is 17.2. The van der Waals surface area contributed by atoms with Gasteiger partial charge in [0, 0.05) is 18.7 Å². The third kappa shape index (κ3) is 2.63. The predicted octanol–water partition coefficient (Wildman–Crippen LogP) is 3.08. The maximum atomic E-state index is 13.0. The van der Waals surface area contributed by atoms with Crippen molar-refractivity contribution in [2.45, 2.75) is 12.3 Å². The van der Waals surface area contributed by atoms with Crippen molar-refractivity contribution in [1.29, 1.82) is 0 Å². The van der Waals surface area contributed by atoms with Crippen molar-refractivity contribution in [3.8, 4) is 5.75 Å². The van der Waals surface area contributed by atoms with E-state index in [-0.39, 0.29) is 0 Å². The number of hydrogen-bond acceptors (Lipinski definition) is 2. The number of benzene rings is 1. The molecule has 1 atom stereocenters. The molecule has 0 aliphatic heterocycles. The predicted molar refractivity (Wildman–Crippen MR) is 48.8 cm³/mol. The molecule has 0 heterocycles. The molecule has 0 aromatic heterocycles. The molecule has 0 aliphatic rings. The lowest BCUT2D eigenvalue weighted by molar-refractivity contribution is -0.216. The first-order valence-corrected chi connectivity index (χ1v) is 4.12. The van der Waals surface area contributed by atoms with Crippen molar-refractivity contribution in [2.24, 2.45) is 0 Å². The summed E-state index contributed by atoms with van der Waals surface area (Å²) < 4.78 is 80.3. The number of rotatable bonds is 3. The molecular formula is C10H10F4O2. The number of alkyl halides is 3. The van der Waals surface area contributed by atoms with Gasteiger partial charge in [0.05, 0.1) is 11.2 Å². The van der Waals surface area contributed by atoms with E-state index in [1.165, 1.54) is 0 Å². The van der Waals surface area contributed by atoms with Gasteiger partial charge in [-0.2, -0.15) is 13.2 Å². The molecule has 0 radical (unpaired) electrons. The number of hydrogen-bond donors (Lipinski definition) is 0. The van der Waals surface area contributed by atoms with Crippen LogP contribution in [0.15, 0.2) is 18.2 Å². The number of ether oxygens (including phenoxy) is 2. The van der Waals surface area contributed by atoms with Gasteiger partial charge in [-0.1, -0.05) is 0 Å². The van der Waals surface area contributed by atoms with Crippen LogP contribution in [-0.4, -0.2) is 20.3 Å². The SMILES string of the molecule is [2H]C([2H])([2H])Oc1cc(F)ccc1C(OC)C(F)(F)F. The maximum Gasteiger partial charge on any atom is 0.418 e. The van der Waals surface area contributed by atoms with Crippen molar-refractivity contribution in [3.63, 3.8) is 0 Å². The van der Waals surface area contributed by atoms with E-state index in [2.05, 4.69) is 9.47 Å². The number of methoxy groups -OCH3 is 2. The fraction of sp³-hybridized carbons (Fsp3) is 0.400. The smallest absolute Gasteiger partial charge is 0.418 e. The summed E-state index contributed by atoms with van der Waals surface area (Å²) in [7, 11) is -2.19. The van der Waals surface area contributed by atoms with Gasteiger partial charge in [-0.15, -0.1) is 0 Å². The fourth-order valence-corrected chi connectivity index (χ4v) is 1.25. The molecule has 1 aromatic carbocycles. The largest absolute Gasteiger partial charge is 0.496 e. The van der Waals surface area contributed by atoms with E-state index in [1.54, 1.807) is 0 Å². The third-order valence-electron chi connectivity index (χ3n) is 1.90. The summed E-state index contributed by atoms with van der Waals surface area (Å²) in [5.41, 5.74) is -0.604. The Balaban J connectivity index is 3.26. The lowest BCUT2D eigenvalue weighted by atomic mass is 10.1. The Morgan fingerprint density at radius 1 is 1.38 bits per heavy atom. The van der Waals surface area contributed by atoms with Crippen molar-refractivity contribution in [2.75, 3.05) is 14.1 Å². The van der Waals surface area contributed by atoms with Gasteiger partial charge in [0.15, 0.2) is 6.10 Å². The summed E-state index contributed by atoms with van der Waals surface area (Å²) in [6.45, 7) is 0. The van der Waals surface area contributed by atoms with E-state index in [0.717, 1.165) is 19.2 Å². The molecule has 2 nitrogen and oxygen atoms in total. The van der Waals surface area contributed by atoms with Gasteiger partial charge < -0.3 is 9.47 Å². The summed E-state index contributed by atoms with van der Waals surface area (Å²) in [5.74, 6) is -1.65. The molecule has 0 aliphatic carbocycles. The molecule has 1 unspecified atom stereocenters. The molecule has 1 aromatic rings. The first-order valence-electron chi connectivity index (χ1n) is 5.62. The molecule has 0 N–H and O–H groups in total. The number of halogens is 4. The second-order valence-corrected chi connectivity index (χ2v) is 2.94. The van der Waals surface area contributed by atoms with Crippen LogP contribution in [0.2, 0.25) is 0 Å². The summed E-state index contributed by atoms with van der Waals surface area (Å²) in [6.07, 6.45) is -7.18. The minimum Gasteiger partial charge on any atom is -0.496 e. The van der Waals surface area contributed by atoms with Gasteiger partial charge in [-0.05, 0) is 12.1 Å². The zero-order chi connectivity index (χ0) is 14.8. The van der Waals surface area contributed by atoms with Gasteiger partial charge in [-0.25, -0.2) is 4.39 Å². The minimum absolute atomic E-state index is 0.569. The van der Waals surface area contributed by atoms with E-state index < -0.39 is 36.4 Å². The highest BCUT2D eigenvalue weighted by Gasteiger charge is 2.42. The average molecular weight is 241 g/mol. The van der Waals surface area contributed by atoms with Gasteiger partial charge >= 0.3 is 6.18 Å². The van der Waals surface area contributed by atoms with Crippen molar-refractivity contribution in [1.82, 2.24) is 0 Å². The Hall–Kier alpha value is -1.30. The van der Waals surface area contributed by atoms with Gasteiger partial charge in [0.1, 0.15) is 11.6 Å². The zero-order valence-electron chi connectivity index (χ0n) is 11.1. The Labute approximate surface area is 94.0 Å². The average Bonchev–Trinajstić information content (AvgIpc) is 2.17. The van der Waals surface area contributed by atoms with Crippen molar-refractivity contribution < 1.29 is 31.1 Å². The maximum absolute atomic E-state index is 13.0. The first kappa shape index (κ1) is 8.81. The lowest BCUT2D eigenvalue weighted by Crippen LogP contribution is -2.23. The molecule has 0 fully saturated rings. The van der Waals surface area contributed by atoms with E-state index in [9.17, 15) is 17.6 Å². The van der Waals surface area contributed by atoms with Crippen LogP contribution in [-0.2, 0) is 4.74 Å². The summed E-state index contributed by atoms with van der Waals surface area (Å²) in [6, 6.07) is 2.11. The Morgan fingerprint density at radius 2 is 2.06 bits per heavy atom. The molecule has 0 saturated heterocycles. The summed E-state index contributed by atoms with van der Waals surface area (Å²) in [5, 5.41) is 0. The van der Waals surface area contributed by atoms with Crippen LogP contribution in [0.5, 0.6) is 5.75 Å². The lowest BCUT2D eigenvalue weighted by Gasteiger charge is -2.21. The topological polar surface area (TPSA) is 18.5 Å². The molecule has 1 rings (SSSR count). The third-order valence-corrected chi connectivity index (χ3v) is 1.90. The van der Waals surface area contributed by atoms with Crippen LogP contribution >= 0.6 is 0 Å². The minimum atomic E-state index is -4.78. The van der Waals surface area contributed by atoms with Crippen LogP contribution in [0.4, 0.5) is 17.6 Å². The van der Waals surface area contributed by atoms with Gasteiger partial charge in [0.25, 0.3) is 0 Å². The van der Waals surface area contributed by atoms with Crippen LogP contribution in [0.1, 0.15) is 15.8 Å². The molecule has 16 heavy (non-hydrogen) atoms. The van der Waals surface area contributed by atoms with Crippen LogP contribution in [0.25, 0.3) is 0 Å². The summed E-state index contributed by atoms with van der Waals surface area (Å²) >= 11 is 0. The second kappa shape index (κ2) is 4.69. The molecule has 0 amide bonds. The van der Waals surface area contributed by atoms with Crippen molar-refractivity contribution in [3.05, 3.63) is 29.6 Å². The van der Waals surface area contributed by atoms with Crippen LogP contribution in [0.3, 0.4) is 0 Å². The molecule has 0 bridgehead atoms. The van der Waals surface area contributed by atoms with E-state index in [1.807, 2.05) is 0 Å². The molecular weight excluding hydrogens is 228 g/mol. The highest BCUT2D eigenvalue weighted by Crippen LogP contribution is 2.39. The van der Waals surface area contributed by atoms with Crippen molar-refractivity contribution >= 4 is 0 Å². The molecule has 0 spiro atoms. The van der Waals surface area contributed by atoms with Gasteiger partial charge in [0.2, 0.25) is 0 Å². The van der Waals surface area contributed by atoms with Gasteiger partial charge in [-0.3, -0.25) is 0 Å². The Bertz CT molecular complexity index is 445. The summed E-state index contributed by atoms with van der Waals surface area (Å²) in [4.78, 5) is 0. The first-order chi connectivity index (χ1) is 8.54. The van der Waals surface area contributed by atoms with Crippen LogP contribution < -0.4 is 4.74 Å². The quantitative estimate of drug-likeness (QED) is 0.757. The molecule has 6 heteroatoms.